The Hall–Kier alpha value is -2.09. The summed E-state index contributed by atoms with van der Waals surface area (Å²) in [7, 11) is 0. The van der Waals surface area contributed by atoms with E-state index < -0.39 is 18.2 Å². The maximum absolute atomic E-state index is 13.4. The molecule has 0 radical (unpaired) electrons. The van der Waals surface area contributed by atoms with Crippen LogP contribution in [0.1, 0.15) is 82.6 Å². The zero-order valence-corrected chi connectivity index (χ0v) is 26.2. The van der Waals surface area contributed by atoms with Gasteiger partial charge in [-0.3, -0.25) is 9.59 Å². The molecule has 3 saturated carbocycles. The molecule has 1 heterocycles. The first-order valence-electron chi connectivity index (χ1n) is 14.5. The molecule has 226 valence electrons. The van der Waals surface area contributed by atoms with Crippen LogP contribution in [0.5, 0.6) is 0 Å². The fourth-order valence-electron chi connectivity index (χ4n) is 6.37. The topological polar surface area (TPSA) is 120 Å². The van der Waals surface area contributed by atoms with Crippen LogP contribution < -0.4 is 16.0 Å². The van der Waals surface area contributed by atoms with Crippen LogP contribution in [0.4, 0.5) is 4.79 Å². The molecule has 1 unspecified atom stereocenters. The molecule has 3 atom stereocenters. The predicted molar refractivity (Wildman–Crippen MR) is 167 cm³/mol. The van der Waals surface area contributed by atoms with Gasteiger partial charge in [-0.2, -0.15) is 32.3 Å². The molecule has 8 nitrogen and oxygen atoms in total. The van der Waals surface area contributed by atoms with Crippen LogP contribution >= 0.6 is 38.6 Å². The number of amides is 3. The molecule has 3 N–H and O–H groups in total. The van der Waals surface area contributed by atoms with Gasteiger partial charge in [0.05, 0.1) is 12.7 Å². The lowest BCUT2D eigenvalue weighted by atomic mass is 9.84. The summed E-state index contributed by atoms with van der Waals surface area (Å²) in [5, 5.41) is 19.1. The zero-order chi connectivity index (χ0) is 27.5. The van der Waals surface area contributed by atoms with Gasteiger partial charge >= 0.3 is 6.09 Å². The molecule has 5 rings (SSSR count). The van der Waals surface area contributed by atoms with Crippen LogP contribution in [0.3, 0.4) is 0 Å². The second kappa shape index (κ2) is 14.4. The summed E-state index contributed by atoms with van der Waals surface area (Å²) in [6.45, 7) is 0.280. The van der Waals surface area contributed by atoms with E-state index in [0.29, 0.717) is 23.8 Å². The van der Waals surface area contributed by atoms with E-state index in [4.69, 9.17) is 16.3 Å². The molecule has 1 aromatic carbocycles. The Morgan fingerprint density at radius 1 is 1.10 bits per heavy atom. The van der Waals surface area contributed by atoms with E-state index >= 15 is 0 Å². The van der Waals surface area contributed by atoms with Crippen molar-refractivity contribution in [3.05, 3.63) is 34.9 Å². The lowest BCUT2D eigenvalue weighted by Crippen LogP contribution is -2.51. The number of hydrogen-bond acceptors (Lipinski definition) is 5. The molecule has 1 aromatic rings. The molecule has 1 spiro atoms. The van der Waals surface area contributed by atoms with Crippen LogP contribution in [-0.4, -0.2) is 42.1 Å². The Morgan fingerprint density at radius 3 is 2.44 bits per heavy atom. The van der Waals surface area contributed by atoms with Crippen molar-refractivity contribution >= 4 is 56.5 Å². The Labute approximate surface area is 261 Å². The molecular weight excluding hydrogens is 580 g/mol. The third kappa shape index (κ3) is 9.20. The monoisotopic (exact) mass is 622 g/mol. The maximum atomic E-state index is 13.4. The largest absolute Gasteiger partial charge is 0.449 e. The average molecular weight is 623 g/mol. The summed E-state index contributed by atoms with van der Waals surface area (Å²) in [5.74, 6) is -0.359. The number of nitriles is 1. The molecule has 0 aromatic heterocycles. The third-order valence-electron chi connectivity index (χ3n) is 9.08. The van der Waals surface area contributed by atoms with E-state index in [1.807, 2.05) is 24.3 Å². The Morgan fingerprint density at radius 2 is 1.83 bits per heavy atom. The molecule has 3 amide bonds. The smallest absolute Gasteiger partial charge is 0.407 e. The number of rotatable bonds is 11. The number of ether oxygens (including phenoxy) is 1. The van der Waals surface area contributed by atoms with Crippen molar-refractivity contribution in [1.82, 2.24) is 16.0 Å². The van der Waals surface area contributed by atoms with Gasteiger partial charge in [-0.05, 0) is 75.0 Å². The zero-order valence-electron chi connectivity index (χ0n) is 23.5. The maximum Gasteiger partial charge on any atom is 0.407 e. The standard InChI is InChI=1S/C30H39ClN4O4.2H2S/c31-23-8-4-7-21(13-23)16-29(9-10-29)19-39-28(38)34-25(14-20-5-2-1-3-6-20)27(37)33-24(18-32)15-22-17-30(11-12-30)35-26(22)36;;/h4,7-8,13,20,22,24-25H,1-3,5-6,9-12,14-17,19H2,(H,33,37)(H,34,38)(H,35,36);2*1H2/t22?,24-,25-;;/m0../s1. The molecule has 41 heavy (non-hydrogen) atoms. The van der Waals surface area contributed by atoms with Crippen molar-refractivity contribution < 1.29 is 19.1 Å². The predicted octanol–water partition coefficient (Wildman–Crippen LogP) is 5.02. The van der Waals surface area contributed by atoms with Crippen LogP contribution in [-0.2, 0) is 20.7 Å². The number of nitrogens with one attached hydrogen (secondary N) is 3. The minimum atomic E-state index is -0.791. The van der Waals surface area contributed by atoms with Gasteiger partial charge in [-0.15, -0.1) is 0 Å². The quantitative estimate of drug-likeness (QED) is 0.320. The first-order chi connectivity index (χ1) is 18.8. The van der Waals surface area contributed by atoms with Crippen molar-refractivity contribution in [2.24, 2.45) is 17.3 Å². The summed E-state index contributed by atoms with van der Waals surface area (Å²) in [4.78, 5) is 38.6. The van der Waals surface area contributed by atoms with E-state index in [0.717, 1.165) is 63.4 Å². The number of alkyl carbamates (subject to hydrolysis) is 1. The molecule has 0 bridgehead atoms. The number of halogens is 1. The van der Waals surface area contributed by atoms with Crippen molar-refractivity contribution in [3.8, 4) is 6.07 Å². The lowest BCUT2D eigenvalue weighted by molar-refractivity contribution is -0.125. The van der Waals surface area contributed by atoms with Crippen LogP contribution in [0.15, 0.2) is 24.3 Å². The summed E-state index contributed by atoms with van der Waals surface area (Å²) in [6, 6.07) is 8.32. The van der Waals surface area contributed by atoms with E-state index in [-0.39, 0.29) is 68.7 Å². The Balaban J connectivity index is 0.00000231. The summed E-state index contributed by atoms with van der Waals surface area (Å²) in [6.07, 6.45) is 11.1. The first kappa shape index (κ1) is 33.4. The average Bonchev–Trinajstić information content (AvgIpc) is 3.83. The van der Waals surface area contributed by atoms with E-state index in [2.05, 4.69) is 22.0 Å². The Bertz CT molecular complexity index is 1130. The number of benzene rings is 1. The van der Waals surface area contributed by atoms with Gasteiger partial charge in [0.25, 0.3) is 0 Å². The summed E-state index contributed by atoms with van der Waals surface area (Å²) < 4.78 is 5.64. The minimum absolute atomic E-state index is 0. The highest BCUT2D eigenvalue weighted by atomic mass is 35.5. The van der Waals surface area contributed by atoms with Crippen LogP contribution in [0.2, 0.25) is 5.02 Å². The van der Waals surface area contributed by atoms with E-state index in [1.54, 1.807) is 0 Å². The first-order valence-corrected chi connectivity index (χ1v) is 14.8. The number of nitrogens with zero attached hydrogens (tertiary/aromatic N) is 1. The molecule has 1 saturated heterocycles. The molecule has 4 aliphatic rings. The molecule has 1 aliphatic heterocycles. The van der Waals surface area contributed by atoms with E-state index in [9.17, 15) is 19.6 Å². The van der Waals surface area contributed by atoms with Gasteiger partial charge in [0.1, 0.15) is 12.1 Å². The van der Waals surface area contributed by atoms with Gasteiger partial charge < -0.3 is 20.7 Å². The van der Waals surface area contributed by atoms with Crippen molar-refractivity contribution in [3.63, 3.8) is 0 Å². The van der Waals surface area contributed by atoms with Crippen LogP contribution in [0, 0.1) is 28.6 Å². The normalized spacial score (nSPS) is 23.0. The lowest BCUT2D eigenvalue weighted by Gasteiger charge is -2.27. The molecule has 4 fully saturated rings. The highest BCUT2D eigenvalue weighted by Gasteiger charge is 2.52. The molecule has 3 aliphatic carbocycles. The van der Waals surface area contributed by atoms with Crippen molar-refractivity contribution in [1.29, 1.82) is 5.26 Å². The minimum Gasteiger partial charge on any atom is -0.449 e. The van der Waals surface area contributed by atoms with Crippen molar-refractivity contribution in [2.45, 2.75) is 101 Å². The number of carbonyl (C=O) groups is 3. The Kier molecular flexibility index (Phi) is 11.7. The molecular formula is C30H43ClN4O4S2. The molecule has 11 heteroatoms. The van der Waals surface area contributed by atoms with Gasteiger partial charge in [0, 0.05) is 21.9 Å². The highest BCUT2D eigenvalue weighted by Crippen LogP contribution is 2.49. The van der Waals surface area contributed by atoms with Gasteiger partial charge in [-0.25, -0.2) is 4.79 Å². The third-order valence-corrected chi connectivity index (χ3v) is 9.31. The fourth-order valence-corrected chi connectivity index (χ4v) is 6.58. The number of carbonyl (C=O) groups excluding carboxylic acids is 3. The number of hydrogen-bond donors (Lipinski definition) is 3. The van der Waals surface area contributed by atoms with Gasteiger partial charge in [-0.1, -0.05) is 55.8 Å². The van der Waals surface area contributed by atoms with Crippen molar-refractivity contribution in [2.75, 3.05) is 6.61 Å². The SMILES string of the molecule is N#C[C@H](CC1CC2(CC2)NC1=O)NC(=O)[C@H](CC1CCCCC1)NC(=O)OCC1(Cc2cccc(Cl)c2)CC1.S.S. The second-order valence-corrected chi connectivity index (χ2v) is 12.9. The van der Waals surface area contributed by atoms with E-state index in [1.165, 1.54) is 6.42 Å². The van der Waals surface area contributed by atoms with Crippen LogP contribution in [0.25, 0.3) is 0 Å². The van der Waals surface area contributed by atoms with Gasteiger partial charge in [0.2, 0.25) is 11.8 Å². The summed E-state index contributed by atoms with van der Waals surface area (Å²) >= 11 is 6.13. The second-order valence-electron chi connectivity index (χ2n) is 12.4. The summed E-state index contributed by atoms with van der Waals surface area (Å²) in [5.41, 5.74) is 0.951. The highest BCUT2D eigenvalue weighted by molar-refractivity contribution is 7.59. The fraction of sp³-hybridized carbons (Fsp3) is 0.667. The van der Waals surface area contributed by atoms with Gasteiger partial charge in [0.15, 0.2) is 0 Å².